The number of carbonyl (C=O) groups is 3. The van der Waals surface area contributed by atoms with Crippen molar-refractivity contribution in [2.45, 2.75) is 12.1 Å². The number of amides is 2. The van der Waals surface area contributed by atoms with E-state index in [0.29, 0.717) is 5.56 Å². The van der Waals surface area contributed by atoms with Gasteiger partial charge < -0.3 is 0 Å². The number of halogens is 2. The zero-order chi connectivity index (χ0) is 23.6. The first kappa shape index (κ1) is 20.7. The molecule has 6 nitrogen and oxygen atoms in total. The number of hydrogen-bond donors (Lipinski definition) is 0. The molecule has 0 unspecified atom stereocenters. The van der Waals surface area contributed by atoms with Crippen molar-refractivity contribution in [3.05, 3.63) is 100 Å². The highest BCUT2D eigenvalue weighted by Crippen LogP contribution is 2.53. The number of anilines is 1. The van der Waals surface area contributed by atoms with Crippen LogP contribution in [0.3, 0.4) is 0 Å². The average Bonchev–Trinajstić information content (AvgIpc) is 3.33. The van der Waals surface area contributed by atoms with E-state index in [-0.39, 0.29) is 16.5 Å². The summed E-state index contributed by atoms with van der Waals surface area (Å²) in [5, 5.41) is 5.95. The van der Waals surface area contributed by atoms with Gasteiger partial charge in [-0.2, -0.15) is 5.10 Å². The smallest absolute Gasteiger partial charge is 0.240 e. The Balaban J connectivity index is 1.50. The molecule has 3 aromatic rings. The lowest BCUT2D eigenvalue weighted by molar-refractivity contribution is -0.124. The van der Waals surface area contributed by atoms with E-state index in [9.17, 15) is 18.8 Å². The highest BCUT2D eigenvalue weighted by Gasteiger charge is 2.65. The van der Waals surface area contributed by atoms with Gasteiger partial charge in [-0.25, -0.2) is 9.29 Å². The first-order valence-corrected chi connectivity index (χ1v) is 11.2. The molecule has 8 heteroatoms. The van der Waals surface area contributed by atoms with E-state index in [0.717, 1.165) is 22.1 Å². The predicted molar refractivity (Wildman–Crippen MR) is 124 cm³/mol. The minimum atomic E-state index is -0.959. The molecule has 2 saturated heterocycles. The van der Waals surface area contributed by atoms with Gasteiger partial charge in [-0.3, -0.25) is 19.4 Å². The lowest BCUT2D eigenvalue weighted by Gasteiger charge is -2.33. The minimum absolute atomic E-state index is 0.181. The number of Topliss-reactive ketones (excluding diaryl/α,β-unsaturated/α-hetero) is 1. The summed E-state index contributed by atoms with van der Waals surface area (Å²) in [6, 6.07) is 18.4. The van der Waals surface area contributed by atoms with Gasteiger partial charge in [0.1, 0.15) is 11.9 Å². The molecular formula is C26H17ClFN3O3. The summed E-state index contributed by atoms with van der Waals surface area (Å²) in [5.41, 5.74) is 2.28. The monoisotopic (exact) mass is 473 g/mol. The van der Waals surface area contributed by atoms with Crippen LogP contribution in [-0.2, 0) is 9.59 Å². The number of fused-ring (bicyclic) bond motifs is 5. The van der Waals surface area contributed by atoms with Crippen molar-refractivity contribution < 1.29 is 18.8 Å². The molecule has 0 radical (unpaired) electrons. The summed E-state index contributed by atoms with van der Waals surface area (Å²) in [7, 11) is 0. The number of rotatable bonds is 3. The molecule has 3 aromatic carbocycles. The van der Waals surface area contributed by atoms with Crippen LogP contribution in [0.1, 0.15) is 27.5 Å². The zero-order valence-electron chi connectivity index (χ0n) is 17.6. The maximum absolute atomic E-state index is 13.8. The number of hydrazone groups is 1. The highest BCUT2D eigenvalue weighted by atomic mass is 35.5. The first-order valence-electron chi connectivity index (χ1n) is 10.8. The molecule has 2 amide bonds. The molecule has 168 valence electrons. The van der Waals surface area contributed by atoms with Crippen molar-refractivity contribution in [3.8, 4) is 0 Å². The van der Waals surface area contributed by atoms with Gasteiger partial charge in [0, 0.05) is 5.56 Å². The van der Waals surface area contributed by atoms with Crippen LogP contribution in [0, 0.1) is 17.7 Å². The minimum Gasteiger partial charge on any atom is -0.292 e. The third-order valence-electron chi connectivity index (χ3n) is 6.78. The maximum atomic E-state index is 13.8. The molecule has 3 aliphatic rings. The Bertz CT molecular complexity index is 1390. The van der Waals surface area contributed by atoms with Crippen LogP contribution < -0.4 is 4.90 Å². The Hall–Kier alpha value is -3.84. The van der Waals surface area contributed by atoms with Crippen molar-refractivity contribution in [1.82, 2.24) is 5.01 Å². The Morgan fingerprint density at radius 1 is 0.912 bits per heavy atom. The first-order chi connectivity index (χ1) is 16.5. The molecule has 0 aromatic heterocycles. The lowest BCUT2D eigenvalue weighted by Crippen LogP contribution is -2.44. The van der Waals surface area contributed by atoms with Gasteiger partial charge in [0.2, 0.25) is 11.8 Å². The Morgan fingerprint density at radius 2 is 1.62 bits per heavy atom. The predicted octanol–water partition coefficient (Wildman–Crippen LogP) is 4.24. The van der Waals surface area contributed by atoms with Crippen LogP contribution in [0.4, 0.5) is 10.1 Å². The lowest BCUT2D eigenvalue weighted by atomic mass is 9.83. The molecule has 0 bridgehead atoms. The summed E-state index contributed by atoms with van der Waals surface area (Å²) >= 11 is 5.94. The van der Waals surface area contributed by atoms with Crippen molar-refractivity contribution in [1.29, 1.82) is 0 Å². The standard InChI is InChI=1S/C26H17ClFN3O3/c27-18-12-16(10-11-19(18)28)30-25(33)20-21(26(30)34)23(24(32)14-6-2-1-3-7-14)31-22(20)17-9-5-4-8-15(17)13-29-31/h1-13,20-23H/t20-,21+,22+,23-/m1/s1. The van der Waals surface area contributed by atoms with E-state index < -0.39 is 41.6 Å². The van der Waals surface area contributed by atoms with E-state index in [1.807, 2.05) is 24.3 Å². The molecule has 0 aliphatic carbocycles. The second kappa shape index (κ2) is 7.60. The molecule has 34 heavy (non-hydrogen) atoms. The Labute approximate surface area is 199 Å². The summed E-state index contributed by atoms with van der Waals surface area (Å²) in [6.07, 6.45) is 1.66. The molecule has 0 saturated carbocycles. The third kappa shape index (κ3) is 2.86. The highest BCUT2D eigenvalue weighted by molar-refractivity contribution is 6.31. The Morgan fingerprint density at radius 3 is 2.38 bits per heavy atom. The van der Waals surface area contributed by atoms with E-state index in [1.54, 1.807) is 41.6 Å². The van der Waals surface area contributed by atoms with Gasteiger partial charge in [0.05, 0.1) is 34.8 Å². The normalized spacial score (nSPS) is 24.8. The number of imide groups is 1. The number of nitrogens with zero attached hydrogens (tertiary/aromatic N) is 3. The van der Waals surface area contributed by atoms with Gasteiger partial charge in [-0.15, -0.1) is 0 Å². The van der Waals surface area contributed by atoms with E-state index in [4.69, 9.17) is 11.6 Å². The van der Waals surface area contributed by atoms with Crippen molar-refractivity contribution >= 4 is 41.1 Å². The third-order valence-corrected chi connectivity index (χ3v) is 7.07. The molecule has 0 N–H and O–H groups in total. The van der Waals surface area contributed by atoms with Crippen LogP contribution in [-0.4, -0.2) is 34.9 Å². The van der Waals surface area contributed by atoms with Gasteiger partial charge in [-0.1, -0.05) is 66.2 Å². The average molecular weight is 474 g/mol. The van der Waals surface area contributed by atoms with E-state index in [2.05, 4.69) is 5.10 Å². The van der Waals surface area contributed by atoms with E-state index >= 15 is 0 Å². The number of hydrogen-bond acceptors (Lipinski definition) is 5. The van der Waals surface area contributed by atoms with Gasteiger partial charge in [0.15, 0.2) is 5.78 Å². The van der Waals surface area contributed by atoms with Crippen LogP contribution >= 0.6 is 11.6 Å². The topological polar surface area (TPSA) is 70.0 Å². The summed E-state index contributed by atoms with van der Waals surface area (Å²) < 4.78 is 13.8. The summed E-state index contributed by atoms with van der Waals surface area (Å²) in [5.74, 6) is -3.68. The molecular weight excluding hydrogens is 457 g/mol. The SMILES string of the molecule is O=C(c1ccccc1)[C@H]1[C@H]2C(=O)N(c3ccc(F)c(Cl)c3)C(=O)[C@H]2[C@@H]2c3ccccc3C=NN12. The zero-order valence-corrected chi connectivity index (χ0v) is 18.4. The molecule has 2 fully saturated rings. The van der Waals surface area contributed by atoms with Gasteiger partial charge >= 0.3 is 0 Å². The maximum Gasteiger partial charge on any atom is 0.240 e. The van der Waals surface area contributed by atoms with Crippen LogP contribution in [0.2, 0.25) is 5.02 Å². The fourth-order valence-corrected chi connectivity index (χ4v) is 5.50. The van der Waals surface area contributed by atoms with E-state index in [1.165, 1.54) is 12.1 Å². The second-order valence-corrected chi connectivity index (χ2v) is 8.94. The number of carbonyl (C=O) groups excluding carboxylic acids is 3. The molecule has 3 heterocycles. The summed E-state index contributed by atoms with van der Waals surface area (Å²) in [6.45, 7) is 0. The molecule has 6 rings (SSSR count). The van der Waals surface area contributed by atoms with Crippen molar-refractivity contribution in [3.63, 3.8) is 0 Å². The number of benzene rings is 3. The van der Waals surface area contributed by atoms with Gasteiger partial charge in [0.25, 0.3) is 0 Å². The fraction of sp³-hybridized carbons (Fsp3) is 0.154. The van der Waals surface area contributed by atoms with Crippen LogP contribution in [0.15, 0.2) is 77.9 Å². The molecule has 3 aliphatic heterocycles. The summed E-state index contributed by atoms with van der Waals surface area (Å²) in [4.78, 5) is 42.2. The van der Waals surface area contributed by atoms with Crippen LogP contribution in [0.25, 0.3) is 0 Å². The van der Waals surface area contributed by atoms with Crippen molar-refractivity contribution in [2.24, 2.45) is 16.9 Å². The Kier molecular flexibility index (Phi) is 4.64. The second-order valence-electron chi connectivity index (χ2n) is 8.54. The number of ketones is 1. The van der Waals surface area contributed by atoms with Crippen molar-refractivity contribution in [2.75, 3.05) is 4.90 Å². The molecule has 4 atom stereocenters. The fourth-order valence-electron chi connectivity index (χ4n) is 5.32. The molecule has 0 spiro atoms. The largest absolute Gasteiger partial charge is 0.292 e. The van der Waals surface area contributed by atoms with Gasteiger partial charge in [-0.05, 0) is 29.3 Å². The quantitative estimate of drug-likeness (QED) is 0.421. The van der Waals surface area contributed by atoms with Crippen LogP contribution in [0.5, 0.6) is 0 Å².